The van der Waals surface area contributed by atoms with Gasteiger partial charge in [-0.05, 0) is 25.0 Å². The Morgan fingerprint density at radius 1 is 1.16 bits per heavy atom. The first-order chi connectivity index (χ1) is 15.5. The third kappa shape index (κ3) is 5.18. The van der Waals surface area contributed by atoms with Gasteiger partial charge >= 0.3 is 11.7 Å². The molecule has 2 atom stereocenters. The lowest BCUT2D eigenvalue weighted by Gasteiger charge is -2.15. The van der Waals surface area contributed by atoms with E-state index in [0.717, 1.165) is 30.7 Å². The summed E-state index contributed by atoms with van der Waals surface area (Å²) in [6, 6.07) is 8.28. The lowest BCUT2D eigenvalue weighted by Crippen LogP contribution is -2.37. The molecule has 0 spiro atoms. The molecule has 0 radical (unpaired) electrons. The first-order valence-corrected chi connectivity index (χ1v) is 11.6. The highest BCUT2D eigenvalue weighted by atomic mass is 32.2. The number of thioether (sulfide) groups is 1. The van der Waals surface area contributed by atoms with Gasteiger partial charge in [0, 0.05) is 35.9 Å². The van der Waals surface area contributed by atoms with Gasteiger partial charge < -0.3 is 20.4 Å². The highest BCUT2D eigenvalue weighted by Gasteiger charge is 2.38. The van der Waals surface area contributed by atoms with E-state index >= 15 is 0 Å². The second-order valence-corrected chi connectivity index (χ2v) is 8.94. The fourth-order valence-electron chi connectivity index (χ4n) is 3.83. The maximum atomic E-state index is 12.3. The normalized spacial score (nSPS) is 19.4. The minimum atomic E-state index is -0.693. The zero-order valence-electron chi connectivity index (χ0n) is 17.4. The van der Waals surface area contributed by atoms with Crippen LogP contribution in [0.4, 0.5) is 4.79 Å². The number of carbonyl (C=O) groups is 3. The highest BCUT2D eigenvalue weighted by molar-refractivity contribution is 8.01. The molecular formula is C22H24N4O5S. The molecule has 2 unspecified atom stereocenters. The van der Waals surface area contributed by atoms with Gasteiger partial charge in [0.15, 0.2) is 0 Å². The van der Waals surface area contributed by atoms with Crippen LogP contribution in [0.2, 0.25) is 0 Å². The zero-order valence-corrected chi connectivity index (χ0v) is 18.2. The maximum absolute atomic E-state index is 12.3. The number of amides is 4. The first kappa shape index (κ1) is 22.1. The van der Waals surface area contributed by atoms with E-state index in [4.69, 9.17) is 4.42 Å². The number of nitrogens with one attached hydrogen (secondary N) is 3. The summed E-state index contributed by atoms with van der Waals surface area (Å²) in [5.74, 6) is 0.177. The molecule has 4 amide bonds. The van der Waals surface area contributed by atoms with E-state index in [1.165, 1.54) is 6.07 Å². The number of hydrogen-bond acceptors (Lipinski definition) is 6. The molecule has 0 bridgehead atoms. The number of fused-ring (bicyclic) bond motifs is 2. The maximum Gasteiger partial charge on any atom is 0.349 e. The topological polar surface area (TPSA) is 130 Å². The number of nitrogens with zero attached hydrogens (tertiary/aromatic N) is 1. The van der Waals surface area contributed by atoms with Gasteiger partial charge in [-0.1, -0.05) is 24.6 Å². The number of urea groups is 1. The Morgan fingerprint density at radius 2 is 1.97 bits per heavy atom. The Hall–Kier alpha value is -3.14. The van der Waals surface area contributed by atoms with Crippen LogP contribution in [0, 0.1) is 0 Å². The van der Waals surface area contributed by atoms with E-state index < -0.39 is 11.5 Å². The largest absolute Gasteiger partial charge is 0.422 e. The Balaban J connectivity index is 1.12. The van der Waals surface area contributed by atoms with Crippen molar-refractivity contribution in [1.29, 1.82) is 0 Å². The van der Waals surface area contributed by atoms with Crippen molar-refractivity contribution in [3.05, 3.63) is 46.3 Å². The average Bonchev–Trinajstić information content (AvgIpc) is 3.33. The van der Waals surface area contributed by atoms with Gasteiger partial charge in [0.2, 0.25) is 5.91 Å². The number of aliphatic imine (C=N–C) groups is 1. The summed E-state index contributed by atoms with van der Waals surface area (Å²) in [5.41, 5.74) is 0.605. The smallest absolute Gasteiger partial charge is 0.349 e. The van der Waals surface area contributed by atoms with Crippen molar-refractivity contribution >= 4 is 46.3 Å². The van der Waals surface area contributed by atoms with Crippen LogP contribution in [0.5, 0.6) is 0 Å². The summed E-state index contributed by atoms with van der Waals surface area (Å²) in [5, 5.41) is 9.27. The standard InChI is InChI=1S/C22H24N4O5S/c27-18(8-4-3-7-17-19-15(12-32-17)25-22(30)26-19)23-9-10-24-20(28)14-11-13-5-1-2-6-16(13)31-21(14)29/h1-2,5-6,11,17,19H,3-4,7-10,12H2,(H,23,27)(H,24,28)(H,26,30). The summed E-state index contributed by atoms with van der Waals surface area (Å²) in [6.45, 7) is 0.481. The van der Waals surface area contributed by atoms with Gasteiger partial charge in [-0.2, -0.15) is 4.99 Å². The summed E-state index contributed by atoms with van der Waals surface area (Å²) in [7, 11) is 0. The third-order valence-corrected chi connectivity index (χ3v) is 6.86. The lowest BCUT2D eigenvalue weighted by atomic mass is 10.0. The summed E-state index contributed by atoms with van der Waals surface area (Å²) < 4.78 is 5.16. The van der Waals surface area contributed by atoms with Crippen LogP contribution in [0.3, 0.4) is 0 Å². The molecule has 3 heterocycles. The van der Waals surface area contributed by atoms with Crippen LogP contribution in [-0.4, -0.2) is 53.7 Å². The van der Waals surface area contributed by atoms with Gasteiger partial charge in [-0.15, -0.1) is 11.8 Å². The quantitative estimate of drug-likeness (QED) is 0.390. The first-order valence-electron chi connectivity index (χ1n) is 10.6. The number of benzene rings is 1. The van der Waals surface area contributed by atoms with E-state index in [0.29, 0.717) is 22.6 Å². The van der Waals surface area contributed by atoms with Crippen LogP contribution in [0.1, 0.15) is 36.0 Å². The molecule has 0 saturated carbocycles. The van der Waals surface area contributed by atoms with E-state index in [2.05, 4.69) is 20.9 Å². The number of carbonyl (C=O) groups excluding carboxylic acids is 3. The van der Waals surface area contributed by atoms with Gasteiger partial charge in [0.1, 0.15) is 11.1 Å². The van der Waals surface area contributed by atoms with Crippen molar-refractivity contribution in [1.82, 2.24) is 16.0 Å². The second kappa shape index (κ2) is 9.99. The van der Waals surface area contributed by atoms with Gasteiger partial charge in [-0.25, -0.2) is 9.59 Å². The Kier molecular flexibility index (Phi) is 6.89. The molecule has 10 heteroatoms. The van der Waals surface area contributed by atoms with Gasteiger partial charge in [-0.3, -0.25) is 9.59 Å². The van der Waals surface area contributed by atoms with Crippen molar-refractivity contribution in [3.8, 4) is 0 Å². The van der Waals surface area contributed by atoms with Crippen LogP contribution in [0.15, 0.2) is 44.5 Å². The predicted molar refractivity (Wildman–Crippen MR) is 122 cm³/mol. The Labute approximate surface area is 188 Å². The van der Waals surface area contributed by atoms with Crippen molar-refractivity contribution in [2.45, 2.75) is 37.0 Å². The molecule has 1 aromatic carbocycles. The summed E-state index contributed by atoms with van der Waals surface area (Å²) in [6.07, 6.45) is 2.96. The fourth-order valence-corrected chi connectivity index (χ4v) is 5.21. The molecule has 2 aliphatic heterocycles. The monoisotopic (exact) mass is 456 g/mol. The summed E-state index contributed by atoms with van der Waals surface area (Å²) in [4.78, 5) is 51.6. The van der Waals surface area contributed by atoms with E-state index in [-0.39, 0.29) is 36.6 Å². The molecule has 2 aliphatic rings. The van der Waals surface area contributed by atoms with E-state index in [9.17, 15) is 19.2 Å². The minimum Gasteiger partial charge on any atom is -0.422 e. The molecule has 1 saturated heterocycles. The molecule has 4 rings (SSSR count). The molecule has 0 aliphatic carbocycles. The van der Waals surface area contributed by atoms with Gasteiger partial charge in [0.25, 0.3) is 5.91 Å². The molecule has 1 aromatic heterocycles. The van der Waals surface area contributed by atoms with E-state index in [1.807, 2.05) is 0 Å². The average molecular weight is 457 g/mol. The number of para-hydroxylation sites is 1. The SMILES string of the molecule is O=C(CCCCC1SCC2=NC(=O)NC21)NCCNC(=O)c1cc2ccccc2oc1=O. The molecule has 3 N–H and O–H groups in total. The molecular weight excluding hydrogens is 432 g/mol. The van der Waals surface area contributed by atoms with Crippen molar-refractivity contribution < 1.29 is 18.8 Å². The second-order valence-electron chi connectivity index (χ2n) is 7.72. The molecule has 9 nitrogen and oxygen atoms in total. The van der Waals surface area contributed by atoms with Crippen molar-refractivity contribution in [2.24, 2.45) is 4.99 Å². The molecule has 32 heavy (non-hydrogen) atoms. The van der Waals surface area contributed by atoms with Crippen LogP contribution >= 0.6 is 11.8 Å². The summed E-state index contributed by atoms with van der Waals surface area (Å²) >= 11 is 1.80. The Morgan fingerprint density at radius 3 is 2.84 bits per heavy atom. The highest BCUT2D eigenvalue weighted by Crippen LogP contribution is 2.31. The number of unbranched alkanes of at least 4 members (excludes halogenated alkanes) is 1. The Bertz CT molecular complexity index is 1130. The number of rotatable bonds is 9. The molecule has 168 valence electrons. The van der Waals surface area contributed by atoms with Crippen molar-refractivity contribution in [3.63, 3.8) is 0 Å². The fraction of sp³-hybridized carbons (Fsp3) is 0.409. The van der Waals surface area contributed by atoms with Crippen LogP contribution in [0.25, 0.3) is 11.0 Å². The van der Waals surface area contributed by atoms with E-state index in [1.54, 1.807) is 36.0 Å². The van der Waals surface area contributed by atoms with Crippen LogP contribution in [-0.2, 0) is 4.79 Å². The van der Waals surface area contributed by atoms with Gasteiger partial charge in [0.05, 0.1) is 11.8 Å². The van der Waals surface area contributed by atoms with Crippen molar-refractivity contribution in [2.75, 3.05) is 18.8 Å². The lowest BCUT2D eigenvalue weighted by molar-refractivity contribution is -0.121. The predicted octanol–water partition coefficient (Wildman–Crippen LogP) is 1.85. The number of hydrogen-bond donors (Lipinski definition) is 3. The molecule has 1 fully saturated rings. The minimum absolute atomic E-state index is 0.0509. The van der Waals surface area contributed by atoms with Crippen LogP contribution < -0.4 is 21.6 Å². The zero-order chi connectivity index (χ0) is 22.5. The third-order valence-electron chi connectivity index (χ3n) is 5.46. The molecule has 2 aromatic rings.